The maximum Gasteiger partial charge on any atom is 0.261 e. The molecule has 1 aliphatic rings. The van der Waals surface area contributed by atoms with E-state index in [-0.39, 0.29) is 16.7 Å². The van der Waals surface area contributed by atoms with Gasteiger partial charge in [0, 0.05) is 22.8 Å². The van der Waals surface area contributed by atoms with Gasteiger partial charge in [-0.3, -0.25) is 9.52 Å². The van der Waals surface area contributed by atoms with Crippen LogP contribution in [0.4, 0.5) is 11.4 Å². The van der Waals surface area contributed by atoms with Crippen molar-refractivity contribution in [2.45, 2.75) is 24.2 Å². The van der Waals surface area contributed by atoms with Crippen LogP contribution < -0.4 is 10.0 Å². The van der Waals surface area contributed by atoms with Gasteiger partial charge >= 0.3 is 0 Å². The highest BCUT2D eigenvalue weighted by Crippen LogP contribution is 2.23. The van der Waals surface area contributed by atoms with Crippen LogP contribution in [-0.2, 0) is 14.8 Å². The summed E-state index contributed by atoms with van der Waals surface area (Å²) in [6.45, 7) is 0. The number of rotatable bonds is 6. The van der Waals surface area contributed by atoms with Gasteiger partial charge in [0.1, 0.15) is 0 Å². The molecular formula is C19H19ClN2O3S. The molecular weight excluding hydrogens is 372 g/mol. The van der Waals surface area contributed by atoms with Gasteiger partial charge < -0.3 is 5.32 Å². The first-order valence-electron chi connectivity index (χ1n) is 8.27. The average Bonchev–Trinajstić information content (AvgIpc) is 3.10. The van der Waals surface area contributed by atoms with Crippen molar-refractivity contribution in [3.8, 4) is 0 Å². The lowest BCUT2D eigenvalue weighted by molar-refractivity contribution is -0.116. The fourth-order valence-corrected chi connectivity index (χ4v) is 4.02. The molecule has 1 amide bonds. The van der Waals surface area contributed by atoms with Crippen LogP contribution in [0.25, 0.3) is 0 Å². The third-order valence-corrected chi connectivity index (χ3v) is 5.72. The van der Waals surface area contributed by atoms with Crippen LogP contribution in [0.15, 0.2) is 65.6 Å². The molecule has 0 heterocycles. The second-order valence-electron chi connectivity index (χ2n) is 6.16. The molecule has 5 nitrogen and oxygen atoms in total. The van der Waals surface area contributed by atoms with Gasteiger partial charge in [-0.25, -0.2) is 8.42 Å². The molecule has 0 unspecified atom stereocenters. The van der Waals surface area contributed by atoms with E-state index in [0.29, 0.717) is 22.8 Å². The maximum atomic E-state index is 12.5. The number of anilines is 2. The zero-order valence-electron chi connectivity index (χ0n) is 14.0. The summed E-state index contributed by atoms with van der Waals surface area (Å²) in [5, 5.41) is 3.29. The number of hydrogen-bond donors (Lipinski definition) is 2. The van der Waals surface area contributed by atoms with Crippen LogP contribution in [0.2, 0.25) is 5.02 Å². The van der Waals surface area contributed by atoms with Crippen LogP contribution in [0.5, 0.6) is 0 Å². The van der Waals surface area contributed by atoms with Gasteiger partial charge in [-0.05, 0) is 61.2 Å². The van der Waals surface area contributed by atoms with Crippen molar-refractivity contribution < 1.29 is 13.2 Å². The lowest BCUT2D eigenvalue weighted by Gasteiger charge is -2.11. The van der Waals surface area contributed by atoms with Crippen molar-refractivity contribution in [1.29, 1.82) is 0 Å². The van der Waals surface area contributed by atoms with Crippen LogP contribution in [0.3, 0.4) is 0 Å². The van der Waals surface area contributed by atoms with Gasteiger partial charge in [-0.1, -0.05) is 29.8 Å². The van der Waals surface area contributed by atoms with E-state index in [0.717, 1.165) is 12.8 Å². The molecule has 0 saturated heterocycles. The molecule has 0 saturated carbocycles. The van der Waals surface area contributed by atoms with Crippen LogP contribution in [0.1, 0.15) is 19.3 Å². The molecule has 2 aromatic carbocycles. The Labute approximate surface area is 158 Å². The van der Waals surface area contributed by atoms with E-state index in [1.54, 1.807) is 36.4 Å². The third kappa shape index (κ3) is 4.86. The molecule has 136 valence electrons. The van der Waals surface area contributed by atoms with E-state index in [2.05, 4.69) is 22.2 Å². The smallest absolute Gasteiger partial charge is 0.261 e. The number of carbonyl (C=O) groups excluding carboxylic acids is 1. The van der Waals surface area contributed by atoms with Gasteiger partial charge in [-0.2, -0.15) is 0 Å². The van der Waals surface area contributed by atoms with Crippen molar-refractivity contribution in [3.63, 3.8) is 0 Å². The fourth-order valence-electron chi connectivity index (χ4n) is 2.79. The number of halogens is 1. The van der Waals surface area contributed by atoms with Crippen LogP contribution in [-0.4, -0.2) is 14.3 Å². The summed E-state index contributed by atoms with van der Waals surface area (Å²) in [7, 11) is -3.76. The van der Waals surface area contributed by atoms with Crippen molar-refractivity contribution in [2.75, 3.05) is 10.0 Å². The number of nitrogens with one attached hydrogen (secondary N) is 2. The SMILES string of the molecule is O=C(C[C@H]1C=CCC1)Nc1cccc(S(=O)(=O)Nc2ccc(Cl)cc2)c1. The minimum atomic E-state index is -3.76. The van der Waals surface area contributed by atoms with Crippen LogP contribution >= 0.6 is 11.6 Å². The van der Waals surface area contributed by atoms with E-state index < -0.39 is 10.0 Å². The minimum absolute atomic E-state index is 0.0750. The minimum Gasteiger partial charge on any atom is -0.326 e. The maximum absolute atomic E-state index is 12.5. The highest BCUT2D eigenvalue weighted by molar-refractivity contribution is 7.92. The van der Waals surface area contributed by atoms with Crippen molar-refractivity contribution in [3.05, 3.63) is 65.7 Å². The van der Waals surface area contributed by atoms with E-state index in [1.165, 1.54) is 12.1 Å². The first-order chi connectivity index (χ1) is 12.4. The number of allylic oxidation sites excluding steroid dienone is 2. The number of benzene rings is 2. The summed E-state index contributed by atoms with van der Waals surface area (Å²) in [6, 6.07) is 12.6. The molecule has 0 bridgehead atoms. The lowest BCUT2D eigenvalue weighted by Crippen LogP contribution is -2.16. The Balaban J connectivity index is 1.70. The Morgan fingerprint density at radius 1 is 1.12 bits per heavy atom. The third-order valence-electron chi connectivity index (χ3n) is 4.08. The Morgan fingerprint density at radius 2 is 1.88 bits per heavy atom. The summed E-state index contributed by atoms with van der Waals surface area (Å²) in [5.74, 6) is 0.134. The highest BCUT2D eigenvalue weighted by atomic mass is 35.5. The lowest BCUT2D eigenvalue weighted by atomic mass is 10.1. The normalized spacial score (nSPS) is 16.4. The monoisotopic (exact) mass is 390 g/mol. The van der Waals surface area contributed by atoms with Gasteiger partial charge in [0.25, 0.3) is 10.0 Å². The van der Waals surface area contributed by atoms with E-state index >= 15 is 0 Å². The zero-order chi connectivity index (χ0) is 18.6. The summed E-state index contributed by atoms with van der Waals surface area (Å²) >= 11 is 5.81. The Bertz CT molecular complexity index is 924. The molecule has 0 aromatic heterocycles. The first-order valence-corrected chi connectivity index (χ1v) is 10.1. The summed E-state index contributed by atoms with van der Waals surface area (Å²) in [5.41, 5.74) is 0.868. The van der Waals surface area contributed by atoms with Crippen molar-refractivity contribution in [2.24, 2.45) is 5.92 Å². The molecule has 0 radical (unpaired) electrons. The average molecular weight is 391 g/mol. The summed E-state index contributed by atoms with van der Waals surface area (Å²) in [4.78, 5) is 12.2. The molecule has 0 fully saturated rings. The van der Waals surface area contributed by atoms with E-state index in [4.69, 9.17) is 11.6 Å². The van der Waals surface area contributed by atoms with Gasteiger partial charge in [0.15, 0.2) is 0 Å². The predicted octanol–water partition coefficient (Wildman–Crippen LogP) is 4.44. The second-order valence-corrected chi connectivity index (χ2v) is 8.28. The summed E-state index contributed by atoms with van der Waals surface area (Å²) in [6.07, 6.45) is 6.51. The van der Waals surface area contributed by atoms with Gasteiger partial charge in [0.05, 0.1) is 4.90 Å². The van der Waals surface area contributed by atoms with Crippen molar-refractivity contribution >= 4 is 38.9 Å². The molecule has 2 aromatic rings. The predicted molar refractivity (Wildman–Crippen MR) is 104 cm³/mol. The Morgan fingerprint density at radius 3 is 2.58 bits per heavy atom. The topological polar surface area (TPSA) is 75.3 Å². The quantitative estimate of drug-likeness (QED) is 0.716. The molecule has 7 heteroatoms. The zero-order valence-corrected chi connectivity index (χ0v) is 15.6. The molecule has 0 aliphatic heterocycles. The molecule has 1 aliphatic carbocycles. The van der Waals surface area contributed by atoms with E-state index in [1.807, 2.05) is 0 Å². The number of amides is 1. The molecule has 2 N–H and O–H groups in total. The largest absolute Gasteiger partial charge is 0.326 e. The van der Waals surface area contributed by atoms with Crippen LogP contribution in [0, 0.1) is 5.92 Å². The summed E-state index contributed by atoms with van der Waals surface area (Å²) < 4.78 is 27.6. The van der Waals surface area contributed by atoms with Crippen molar-refractivity contribution in [1.82, 2.24) is 0 Å². The standard InChI is InChI=1S/C19H19ClN2O3S/c20-15-8-10-16(11-9-15)22-26(24,25)18-7-3-6-17(13-18)21-19(23)12-14-4-1-2-5-14/h1,3-4,6-11,13-14,22H,2,5,12H2,(H,21,23)/t14-/m0/s1. The number of hydrogen-bond acceptors (Lipinski definition) is 3. The Hall–Kier alpha value is -2.31. The van der Waals surface area contributed by atoms with Gasteiger partial charge in [-0.15, -0.1) is 0 Å². The van der Waals surface area contributed by atoms with Gasteiger partial charge in [0.2, 0.25) is 5.91 Å². The highest BCUT2D eigenvalue weighted by Gasteiger charge is 2.17. The molecule has 0 spiro atoms. The number of carbonyl (C=O) groups is 1. The fraction of sp³-hybridized carbons (Fsp3) is 0.211. The van der Waals surface area contributed by atoms with E-state index in [9.17, 15) is 13.2 Å². The Kier molecular flexibility index (Phi) is 5.64. The number of sulfonamides is 1. The first kappa shape index (κ1) is 18.5. The second kappa shape index (κ2) is 7.93. The molecule has 26 heavy (non-hydrogen) atoms. The molecule has 3 rings (SSSR count). The molecule has 1 atom stereocenters.